The Balaban J connectivity index is 1.46. The Morgan fingerprint density at radius 2 is 1.92 bits per heavy atom. The highest BCUT2D eigenvalue weighted by Gasteiger charge is 2.48. The maximum atomic E-state index is 13.9. The smallest absolute Gasteiger partial charge is 0.271 e. The highest BCUT2D eigenvalue weighted by Crippen LogP contribution is 2.34. The SMILES string of the molecule is COc1ccc(OC)c(CCN2C(=O)c3cc4occc4n3C[C@@]2(C)C(=O)NC2CCC(C)CC2)c1. The van der Waals surface area contributed by atoms with Crippen LogP contribution in [0.2, 0.25) is 0 Å². The van der Waals surface area contributed by atoms with Gasteiger partial charge in [-0.1, -0.05) is 6.92 Å². The van der Waals surface area contributed by atoms with Crippen molar-refractivity contribution in [1.82, 2.24) is 14.8 Å². The first-order chi connectivity index (χ1) is 17.3. The molecule has 0 saturated heterocycles. The standard InChI is InChI=1S/C28H35N3O5/c1-18-5-7-20(8-6-18)29-27(33)28(2)17-30-22-12-14-36-25(22)16-23(30)26(32)31(28)13-11-19-15-21(34-3)9-10-24(19)35-4/h9-10,12,14-16,18,20H,5-8,11,13,17H2,1-4H3,(H,29,33)/t18?,20?,28-/m0/s1. The normalized spacial score (nSPS) is 24.0. The van der Waals surface area contributed by atoms with Crippen LogP contribution in [0.15, 0.2) is 41.0 Å². The van der Waals surface area contributed by atoms with Crippen LogP contribution in [-0.4, -0.2) is 53.6 Å². The molecule has 0 spiro atoms. The van der Waals surface area contributed by atoms with Crippen LogP contribution >= 0.6 is 0 Å². The number of carbonyl (C=O) groups excluding carboxylic acids is 2. The summed E-state index contributed by atoms with van der Waals surface area (Å²) in [7, 11) is 3.25. The molecule has 192 valence electrons. The first kappa shape index (κ1) is 24.3. The summed E-state index contributed by atoms with van der Waals surface area (Å²) in [5.41, 5.74) is 1.89. The van der Waals surface area contributed by atoms with Crippen molar-refractivity contribution in [3.63, 3.8) is 0 Å². The number of furan rings is 1. The van der Waals surface area contributed by atoms with Crippen LogP contribution in [-0.2, 0) is 17.8 Å². The van der Waals surface area contributed by atoms with E-state index in [9.17, 15) is 9.59 Å². The molecule has 5 rings (SSSR count). The number of methoxy groups -OCH3 is 2. The minimum absolute atomic E-state index is 0.107. The van der Waals surface area contributed by atoms with Gasteiger partial charge in [-0.3, -0.25) is 9.59 Å². The molecule has 1 N–H and O–H groups in total. The number of hydrogen-bond acceptors (Lipinski definition) is 5. The number of aromatic nitrogens is 1. The summed E-state index contributed by atoms with van der Waals surface area (Å²) in [6.07, 6.45) is 6.29. The van der Waals surface area contributed by atoms with E-state index in [4.69, 9.17) is 13.9 Å². The van der Waals surface area contributed by atoms with Crippen molar-refractivity contribution >= 4 is 22.9 Å². The number of fused-ring (bicyclic) bond motifs is 3. The van der Waals surface area contributed by atoms with Crippen molar-refractivity contribution in [2.24, 2.45) is 5.92 Å². The third-order valence-corrected chi connectivity index (χ3v) is 7.98. The number of ether oxygens (including phenoxy) is 2. The van der Waals surface area contributed by atoms with E-state index in [-0.39, 0.29) is 17.9 Å². The van der Waals surface area contributed by atoms with Crippen molar-refractivity contribution < 1.29 is 23.5 Å². The summed E-state index contributed by atoms with van der Waals surface area (Å²) in [4.78, 5) is 29.5. The van der Waals surface area contributed by atoms with E-state index in [1.54, 1.807) is 31.4 Å². The average molecular weight is 494 g/mol. The quantitative estimate of drug-likeness (QED) is 0.527. The molecular weight excluding hydrogens is 458 g/mol. The molecule has 2 amide bonds. The largest absolute Gasteiger partial charge is 0.497 e. The van der Waals surface area contributed by atoms with Crippen LogP contribution in [0.1, 0.15) is 55.6 Å². The summed E-state index contributed by atoms with van der Waals surface area (Å²) in [6.45, 7) is 4.86. The van der Waals surface area contributed by atoms with Crippen molar-refractivity contribution in [1.29, 1.82) is 0 Å². The van der Waals surface area contributed by atoms with Gasteiger partial charge >= 0.3 is 0 Å². The number of benzene rings is 1. The van der Waals surface area contributed by atoms with E-state index in [1.165, 1.54) is 0 Å². The average Bonchev–Trinajstić information content (AvgIpc) is 3.47. The van der Waals surface area contributed by atoms with E-state index in [0.717, 1.165) is 48.3 Å². The molecule has 1 atom stereocenters. The van der Waals surface area contributed by atoms with Gasteiger partial charge < -0.3 is 28.7 Å². The van der Waals surface area contributed by atoms with Gasteiger partial charge in [-0.25, -0.2) is 0 Å². The fraction of sp³-hybridized carbons (Fsp3) is 0.500. The summed E-state index contributed by atoms with van der Waals surface area (Å²) >= 11 is 0. The highest BCUT2D eigenvalue weighted by molar-refractivity contribution is 6.03. The van der Waals surface area contributed by atoms with Gasteiger partial charge in [-0.15, -0.1) is 0 Å². The second-order valence-electron chi connectivity index (χ2n) is 10.4. The van der Waals surface area contributed by atoms with Gasteiger partial charge in [0.1, 0.15) is 22.7 Å². The lowest BCUT2D eigenvalue weighted by molar-refractivity contribution is -0.133. The van der Waals surface area contributed by atoms with E-state index >= 15 is 0 Å². The lowest BCUT2D eigenvalue weighted by Crippen LogP contribution is -2.65. The molecule has 1 aromatic carbocycles. The van der Waals surface area contributed by atoms with E-state index in [1.807, 2.05) is 35.8 Å². The predicted octanol–water partition coefficient (Wildman–Crippen LogP) is 4.40. The zero-order valence-electron chi connectivity index (χ0n) is 21.5. The molecule has 0 bridgehead atoms. The second kappa shape index (κ2) is 9.56. The molecule has 3 aromatic rings. The molecule has 2 aliphatic rings. The molecule has 1 aliphatic heterocycles. The monoisotopic (exact) mass is 493 g/mol. The van der Waals surface area contributed by atoms with Crippen molar-refractivity contribution in [3.05, 3.63) is 47.9 Å². The summed E-state index contributed by atoms with van der Waals surface area (Å²) in [5, 5.41) is 3.29. The van der Waals surface area contributed by atoms with Crippen LogP contribution in [0.4, 0.5) is 0 Å². The van der Waals surface area contributed by atoms with Crippen molar-refractivity contribution in [2.75, 3.05) is 20.8 Å². The zero-order chi connectivity index (χ0) is 25.4. The lowest BCUT2D eigenvalue weighted by Gasteiger charge is -2.45. The lowest BCUT2D eigenvalue weighted by atomic mass is 9.86. The van der Waals surface area contributed by atoms with E-state index in [2.05, 4.69) is 12.2 Å². The molecule has 1 aliphatic carbocycles. The third-order valence-electron chi connectivity index (χ3n) is 7.98. The first-order valence-corrected chi connectivity index (χ1v) is 12.7. The first-order valence-electron chi connectivity index (χ1n) is 12.7. The summed E-state index contributed by atoms with van der Waals surface area (Å²) in [5.74, 6) is 1.85. The van der Waals surface area contributed by atoms with Gasteiger partial charge in [0, 0.05) is 24.7 Å². The van der Waals surface area contributed by atoms with Crippen molar-refractivity contribution in [2.45, 2.75) is 64.1 Å². The molecule has 0 unspecified atom stereocenters. The Morgan fingerprint density at radius 1 is 1.14 bits per heavy atom. The Bertz CT molecular complexity index is 1270. The third kappa shape index (κ3) is 4.22. The molecular formula is C28H35N3O5. The number of carbonyl (C=O) groups is 2. The zero-order valence-corrected chi connectivity index (χ0v) is 21.5. The maximum absolute atomic E-state index is 13.9. The number of nitrogens with one attached hydrogen (secondary N) is 1. The highest BCUT2D eigenvalue weighted by atomic mass is 16.5. The topological polar surface area (TPSA) is 85.9 Å². The molecule has 1 saturated carbocycles. The van der Waals surface area contributed by atoms with Gasteiger partial charge in [0.15, 0.2) is 5.58 Å². The number of rotatable bonds is 7. The van der Waals surface area contributed by atoms with Crippen LogP contribution in [0.3, 0.4) is 0 Å². The number of hydrogen-bond donors (Lipinski definition) is 1. The van der Waals surface area contributed by atoms with Gasteiger partial charge in [-0.2, -0.15) is 0 Å². The summed E-state index contributed by atoms with van der Waals surface area (Å²) < 4.78 is 18.4. The fourth-order valence-electron chi connectivity index (χ4n) is 5.68. The van der Waals surface area contributed by atoms with Gasteiger partial charge in [0.2, 0.25) is 5.91 Å². The van der Waals surface area contributed by atoms with Crippen LogP contribution < -0.4 is 14.8 Å². The molecule has 3 heterocycles. The molecule has 2 aromatic heterocycles. The Hall–Kier alpha value is -3.42. The minimum atomic E-state index is -1.05. The predicted molar refractivity (Wildman–Crippen MR) is 136 cm³/mol. The Morgan fingerprint density at radius 3 is 2.64 bits per heavy atom. The van der Waals surface area contributed by atoms with E-state index < -0.39 is 5.54 Å². The fourth-order valence-corrected chi connectivity index (χ4v) is 5.68. The minimum Gasteiger partial charge on any atom is -0.497 e. The van der Waals surface area contributed by atoms with Crippen LogP contribution in [0, 0.1) is 5.92 Å². The molecule has 36 heavy (non-hydrogen) atoms. The Labute approximate surface area is 211 Å². The second-order valence-corrected chi connectivity index (χ2v) is 10.4. The van der Waals surface area contributed by atoms with Gasteiger partial charge in [0.25, 0.3) is 5.91 Å². The molecule has 0 radical (unpaired) electrons. The number of nitrogens with zero attached hydrogens (tertiary/aromatic N) is 2. The van der Waals surface area contributed by atoms with E-state index in [0.29, 0.717) is 36.7 Å². The molecule has 8 nitrogen and oxygen atoms in total. The van der Waals surface area contributed by atoms with Gasteiger partial charge in [-0.05, 0) is 68.7 Å². The number of amides is 2. The maximum Gasteiger partial charge on any atom is 0.271 e. The Kier molecular flexibility index (Phi) is 6.45. The van der Waals surface area contributed by atoms with Gasteiger partial charge in [0.05, 0.1) is 32.5 Å². The van der Waals surface area contributed by atoms with Crippen LogP contribution in [0.5, 0.6) is 11.5 Å². The molecule has 8 heteroatoms. The van der Waals surface area contributed by atoms with Crippen molar-refractivity contribution in [3.8, 4) is 11.5 Å². The van der Waals surface area contributed by atoms with Crippen LogP contribution in [0.25, 0.3) is 11.1 Å². The molecule has 1 fully saturated rings. The summed E-state index contributed by atoms with van der Waals surface area (Å²) in [6, 6.07) is 9.39.